The van der Waals surface area contributed by atoms with Crippen LogP contribution in [-0.2, 0) is 11.3 Å². The molecule has 0 bridgehead atoms. The zero-order chi connectivity index (χ0) is 20.7. The summed E-state index contributed by atoms with van der Waals surface area (Å²) in [6.07, 6.45) is -0.558. The van der Waals surface area contributed by atoms with Crippen LogP contribution in [0.4, 0.5) is 11.4 Å². The number of carbonyl (C=O) groups excluding carboxylic acids is 2. The molecule has 2 N–H and O–H groups in total. The SMILES string of the molecule is CCn1c(=O)c(C)nc2cc(C(=O)Nc3ccc4c(c3)NC(=O)C(C)O4)ccc21. The molecule has 2 aromatic carbocycles. The van der Waals surface area contributed by atoms with Gasteiger partial charge >= 0.3 is 0 Å². The predicted molar refractivity (Wildman–Crippen MR) is 110 cm³/mol. The van der Waals surface area contributed by atoms with Crippen molar-refractivity contribution in [3.63, 3.8) is 0 Å². The first-order valence-corrected chi connectivity index (χ1v) is 9.31. The largest absolute Gasteiger partial charge is 0.479 e. The number of benzene rings is 2. The maximum atomic E-state index is 12.7. The van der Waals surface area contributed by atoms with Crippen molar-refractivity contribution in [2.75, 3.05) is 10.6 Å². The Morgan fingerprint density at radius 3 is 2.79 bits per heavy atom. The van der Waals surface area contributed by atoms with Gasteiger partial charge in [0.25, 0.3) is 17.4 Å². The molecule has 1 aliphatic rings. The molecule has 0 saturated carbocycles. The van der Waals surface area contributed by atoms with Gasteiger partial charge in [0.2, 0.25) is 0 Å². The van der Waals surface area contributed by atoms with Crippen LogP contribution in [-0.4, -0.2) is 27.5 Å². The van der Waals surface area contributed by atoms with Gasteiger partial charge in [-0.1, -0.05) is 0 Å². The zero-order valence-corrected chi connectivity index (χ0v) is 16.3. The average molecular weight is 392 g/mol. The molecule has 0 aliphatic carbocycles. The first kappa shape index (κ1) is 18.7. The second kappa shape index (κ2) is 7.05. The molecule has 4 rings (SSSR count). The summed E-state index contributed by atoms with van der Waals surface area (Å²) in [6.45, 7) is 5.73. The van der Waals surface area contributed by atoms with Crippen molar-refractivity contribution in [3.8, 4) is 5.75 Å². The first-order chi connectivity index (χ1) is 13.9. The molecule has 8 heteroatoms. The number of rotatable bonds is 3. The molecule has 2 amide bonds. The first-order valence-electron chi connectivity index (χ1n) is 9.31. The van der Waals surface area contributed by atoms with Gasteiger partial charge in [0, 0.05) is 17.8 Å². The van der Waals surface area contributed by atoms with Crippen LogP contribution < -0.4 is 20.9 Å². The molecule has 2 heterocycles. The number of nitrogens with one attached hydrogen (secondary N) is 2. The summed E-state index contributed by atoms with van der Waals surface area (Å²) in [7, 11) is 0. The minimum atomic E-state index is -0.558. The van der Waals surface area contributed by atoms with E-state index in [1.54, 1.807) is 54.8 Å². The molecular formula is C21H20N4O4. The molecule has 0 radical (unpaired) electrons. The van der Waals surface area contributed by atoms with E-state index in [0.717, 1.165) is 0 Å². The van der Waals surface area contributed by atoms with Crippen molar-refractivity contribution in [3.05, 3.63) is 58.0 Å². The summed E-state index contributed by atoms with van der Waals surface area (Å²) < 4.78 is 7.15. The van der Waals surface area contributed by atoms with Crippen LogP contribution in [0.3, 0.4) is 0 Å². The summed E-state index contributed by atoms with van der Waals surface area (Å²) in [5.74, 6) is -0.00564. The monoisotopic (exact) mass is 392 g/mol. The molecule has 3 aromatic rings. The van der Waals surface area contributed by atoms with E-state index in [0.29, 0.717) is 46.0 Å². The minimum absolute atomic E-state index is 0.134. The van der Waals surface area contributed by atoms with E-state index in [9.17, 15) is 14.4 Å². The highest BCUT2D eigenvalue weighted by molar-refractivity contribution is 6.06. The lowest BCUT2D eigenvalue weighted by molar-refractivity contribution is -0.122. The van der Waals surface area contributed by atoms with Crippen LogP contribution in [0.15, 0.2) is 41.2 Å². The van der Waals surface area contributed by atoms with Crippen LogP contribution in [0.1, 0.15) is 29.9 Å². The Morgan fingerprint density at radius 2 is 2.03 bits per heavy atom. The molecule has 148 valence electrons. The minimum Gasteiger partial charge on any atom is -0.479 e. The predicted octanol–water partition coefficient (Wildman–Crippen LogP) is 2.70. The molecule has 8 nitrogen and oxygen atoms in total. The molecule has 1 atom stereocenters. The van der Waals surface area contributed by atoms with Crippen molar-refractivity contribution in [2.24, 2.45) is 0 Å². The highest BCUT2D eigenvalue weighted by atomic mass is 16.5. The van der Waals surface area contributed by atoms with Gasteiger partial charge in [-0.3, -0.25) is 14.4 Å². The molecule has 1 unspecified atom stereocenters. The number of amides is 2. The Labute approximate surface area is 166 Å². The Hall–Kier alpha value is -3.68. The fourth-order valence-corrected chi connectivity index (χ4v) is 3.32. The average Bonchev–Trinajstić information content (AvgIpc) is 2.69. The van der Waals surface area contributed by atoms with E-state index in [1.165, 1.54) is 0 Å². The molecular weight excluding hydrogens is 372 g/mol. The second-order valence-electron chi connectivity index (χ2n) is 6.86. The Morgan fingerprint density at radius 1 is 1.24 bits per heavy atom. The van der Waals surface area contributed by atoms with Gasteiger partial charge in [0.05, 0.1) is 16.7 Å². The van der Waals surface area contributed by atoms with Crippen LogP contribution in [0.25, 0.3) is 11.0 Å². The number of aromatic nitrogens is 2. The third-order valence-corrected chi connectivity index (χ3v) is 4.86. The molecule has 0 fully saturated rings. The Kier molecular flexibility index (Phi) is 4.54. The van der Waals surface area contributed by atoms with E-state index in [4.69, 9.17) is 4.74 Å². The molecule has 29 heavy (non-hydrogen) atoms. The highest BCUT2D eigenvalue weighted by Crippen LogP contribution is 2.32. The number of hydrogen-bond donors (Lipinski definition) is 2. The van der Waals surface area contributed by atoms with Crippen molar-refractivity contribution >= 4 is 34.2 Å². The fourth-order valence-electron chi connectivity index (χ4n) is 3.32. The zero-order valence-electron chi connectivity index (χ0n) is 16.3. The quantitative estimate of drug-likeness (QED) is 0.713. The lowest BCUT2D eigenvalue weighted by Crippen LogP contribution is -2.34. The van der Waals surface area contributed by atoms with Gasteiger partial charge in [-0.25, -0.2) is 4.98 Å². The smallest absolute Gasteiger partial charge is 0.272 e. The summed E-state index contributed by atoms with van der Waals surface area (Å²) in [5, 5.41) is 5.57. The third kappa shape index (κ3) is 3.33. The van der Waals surface area contributed by atoms with Crippen LogP contribution in [0.5, 0.6) is 5.75 Å². The van der Waals surface area contributed by atoms with Crippen LogP contribution in [0, 0.1) is 6.92 Å². The van der Waals surface area contributed by atoms with Gasteiger partial charge < -0.3 is 19.9 Å². The number of hydrogen-bond acceptors (Lipinski definition) is 5. The van der Waals surface area contributed by atoms with Crippen LogP contribution in [0.2, 0.25) is 0 Å². The van der Waals surface area contributed by atoms with Crippen LogP contribution >= 0.6 is 0 Å². The number of anilines is 2. The van der Waals surface area contributed by atoms with Crippen molar-refractivity contribution in [1.82, 2.24) is 9.55 Å². The third-order valence-electron chi connectivity index (χ3n) is 4.86. The topological polar surface area (TPSA) is 102 Å². The van der Waals surface area contributed by atoms with E-state index in [-0.39, 0.29) is 17.4 Å². The van der Waals surface area contributed by atoms with E-state index in [1.807, 2.05) is 6.92 Å². The number of carbonyl (C=O) groups is 2. The molecule has 1 aliphatic heterocycles. The van der Waals surface area contributed by atoms with E-state index in [2.05, 4.69) is 15.6 Å². The molecule has 0 saturated heterocycles. The standard InChI is InChI=1S/C21H20N4O4/c1-4-25-17-7-5-13(9-15(17)22-11(2)21(25)28)20(27)23-14-6-8-18-16(10-14)24-19(26)12(3)29-18/h5-10,12H,4H2,1-3H3,(H,23,27)(H,24,26). The molecule has 1 aromatic heterocycles. The summed E-state index contributed by atoms with van der Waals surface area (Å²) >= 11 is 0. The van der Waals surface area contributed by atoms with Gasteiger partial charge in [-0.15, -0.1) is 0 Å². The Bertz CT molecular complexity index is 1220. The summed E-state index contributed by atoms with van der Waals surface area (Å²) in [6, 6.07) is 10.1. The maximum absolute atomic E-state index is 12.7. The number of ether oxygens (including phenoxy) is 1. The lowest BCUT2D eigenvalue weighted by Gasteiger charge is -2.23. The van der Waals surface area contributed by atoms with Crippen molar-refractivity contribution in [1.29, 1.82) is 0 Å². The van der Waals surface area contributed by atoms with Crippen molar-refractivity contribution in [2.45, 2.75) is 33.4 Å². The van der Waals surface area contributed by atoms with Gasteiger partial charge in [-0.05, 0) is 57.2 Å². The number of nitrogens with zero attached hydrogens (tertiary/aromatic N) is 2. The second-order valence-corrected chi connectivity index (χ2v) is 6.86. The number of fused-ring (bicyclic) bond motifs is 2. The van der Waals surface area contributed by atoms with Gasteiger partial charge in [-0.2, -0.15) is 0 Å². The highest BCUT2D eigenvalue weighted by Gasteiger charge is 2.23. The van der Waals surface area contributed by atoms with Gasteiger partial charge in [0.1, 0.15) is 11.4 Å². The van der Waals surface area contributed by atoms with E-state index < -0.39 is 6.10 Å². The fraction of sp³-hybridized carbons (Fsp3) is 0.238. The summed E-state index contributed by atoms with van der Waals surface area (Å²) in [5.41, 5.74) is 2.96. The number of aryl methyl sites for hydroxylation is 2. The van der Waals surface area contributed by atoms with E-state index >= 15 is 0 Å². The molecule has 0 spiro atoms. The van der Waals surface area contributed by atoms with Gasteiger partial charge in [0.15, 0.2) is 6.10 Å². The lowest BCUT2D eigenvalue weighted by atomic mass is 10.1. The van der Waals surface area contributed by atoms with Crippen molar-refractivity contribution < 1.29 is 14.3 Å². The summed E-state index contributed by atoms with van der Waals surface area (Å²) in [4.78, 5) is 41.1. The Balaban J connectivity index is 1.63. The normalized spacial score (nSPS) is 15.4. The maximum Gasteiger partial charge on any atom is 0.272 e.